The highest BCUT2D eigenvalue weighted by Gasteiger charge is 2.21. The lowest BCUT2D eigenvalue weighted by Gasteiger charge is -2.19. The fourth-order valence-electron chi connectivity index (χ4n) is 3.33. The van der Waals surface area contributed by atoms with Gasteiger partial charge in [-0.2, -0.15) is 0 Å². The fraction of sp³-hybridized carbons (Fsp3) is 0.500. The summed E-state index contributed by atoms with van der Waals surface area (Å²) in [6.07, 6.45) is 4.06. The maximum Gasteiger partial charge on any atom is 0.242 e. The molecule has 2 aromatic rings. The minimum atomic E-state index is -0.564. The zero-order valence-electron chi connectivity index (χ0n) is 18.0. The summed E-state index contributed by atoms with van der Waals surface area (Å²) in [5.74, 6) is 0.457. The van der Waals surface area contributed by atoms with Gasteiger partial charge in [-0.3, -0.25) is 9.59 Å². The Kier molecular flexibility index (Phi) is 9.65. The first-order chi connectivity index (χ1) is 14.0. The van der Waals surface area contributed by atoms with Crippen LogP contribution in [0.5, 0.6) is 0 Å². The van der Waals surface area contributed by atoms with E-state index in [0.29, 0.717) is 31.8 Å². The number of carbonyl (C=O) groups excluding carboxylic acids is 2. The Bertz CT molecular complexity index is 789. The lowest BCUT2D eigenvalue weighted by Crippen LogP contribution is -2.48. The van der Waals surface area contributed by atoms with Crippen molar-refractivity contribution in [3.05, 3.63) is 48.0 Å². The second-order valence-electron chi connectivity index (χ2n) is 8.04. The predicted molar refractivity (Wildman–Crippen MR) is 120 cm³/mol. The zero-order valence-corrected chi connectivity index (χ0v) is 18.0. The molecule has 0 aliphatic rings. The molecule has 0 spiro atoms. The SMILES string of the molecule is CNCCC(=O)N[C@H](Cc1ccc2ccccc2c1)C(=O)NCCCCC(C)C. The van der Waals surface area contributed by atoms with Crippen LogP contribution in [0, 0.1) is 5.92 Å². The first-order valence-electron chi connectivity index (χ1n) is 10.7. The number of hydrogen-bond donors (Lipinski definition) is 3. The topological polar surface area (TPSA) is 70.2 Å². The van der Waals surface area contributed by atoms with Crippen LogP contribution in [0.2, 0.25) is 0 Å². The molecule has 0 aliphatic heterocycles. The lowest BCUT2D eigenvalue weighted by molar-refractivity contribution is -0.128. The quantitative estimate of drug-likeness (QED) is 0.481. The molecule has 3 N–H and O–H groups in total. The van der Waals surface area contributed by atoms with Gasteiger partial charge in [0.25, 0.3) is 0 Å². The third-order valence-corrected chi connectivity index (χ3v) is 5.01. The van der Waals surface area contributed by atoms with Gasteiger partial charge in [0.1, 0.15) is 6.04 Å². The van der Waals surface area contributed by atoms with Crippen molar-refractivity contribution in [2.24, 2.45) is 5.92 Å². The van der Waals surface area contributed by atoms with Crippen LogP contribution in [0.1, 0.15) is 45.1 Å². The standard InChI is InChI=1S/C24H35N3O2/c1-18(2)8-6-7-14-26-24(29)22(27-23(28)13-15-25-3)17-19-11-12-20-9-4-5-10-21(20)16-19/h4-5,9-12,16,18,22,25H,6-8,13-15,17H2,1-3H3,(H,26,29)(H,27,28)/t22-/m1/s1. The van der Waals surface area contributed by atoms with Crippen LogP contribution in [0.4, 0.5) is 0 Å². The smallest absolute Gasteiger partial charge is 0.242 e. The van der Waals surface area contributed by atoms with Crippen molar-refractivity contribution in [2.75, 3.05) is 20.1 Å². The molecule has 0 aliphatic carbocycles. The van der Waals surface area contributed by atoms with Crippen molar-refractivity contribution in [2.45, 2.75) is 52.0 Å². The molecular formula is C24H35N3O2. The van der Waals surface area contributed by atoms with Gasteiger partial charge in [0.05, 0.1) is 0 Å². The van der Waals surface area contributed by atoms with Crippen LogP contribution >= 0.6 is 0 Å². The van der Waals surface area contributed by atoms with Crippen molar-refractivity contribution in [3.8, 4) is 0 Å². The number of nitrogens with one attached hydrogen (secondary N) is 3. The van der Waals surface area contributed by atoms with Gasteiger partial charge in [-0.1, -0.05) is 69.2 Å². The summed E-state index contributed by atoms with van der Waals surface area (Å²) in [4.78, 5) is 25.0. The van der Waals surface area contributed by atoms with E-state index in [0.717, 1.165) is 30.2 Å². The van der Waals surface area contributed by atoms with E-state index < -0.39 is 6.04 Å². The summed E-state index contributed by atoms with van der Waals surface area (Å²) >= 11 is 0. The summed E-state index contributed by atoms with van der Waals surface area (Å²) in [7, 11) is 1.81. The highest BCUT2D eigenvalue weighted by Crippen LogP contribution is 2.17. The molecule has 0 fully saturated rings. The monoisotopic (exact) mass is 397 g/mol. The Labute approximate surface area is 174 Å². The van der Waals surface area contributed by atoms with E-state index >= 15 is 0 Å². The minimum Gasteiger partial charge on any atom is -0.354 e. The molecule has 29 heavy (non-hydrogen) atoms. The van der Waals surface area contributed by atoms with Gasteiger partial charge in [0.15, 0.2) is 0 Å². The van der Waals surface area contributed by atoms with Crippen LogP contribution in [0.15, 0.2) is 42.5 Å². The van der Waals surface area contributed by atoms with Gasteiger partial charge in [0, 0.05) is 25.9 Å². The molecule has 0 unspecified atom stereocenters. The Morgan fingerprint density at radius 2 is 1.72 bits per heavy atom. The Morgan fingerprint density at radius 3 is 2.45 bits per heavy atom. The molecule has 0 heterocycles. The number of hydrogen-bond acceptors (Lipinski definition) is 3. The third kappa shape index (κ3) is 8.24. The number of unbranched alkanes of at least 4 members (excludes halogenated alkanes) is 1. The summed E-state index contributed by atoms with van der Waals surface area (Å²) in [6, 6.07) is 13.8. The summed E-state index contributed by atoms with van der Waals surface area (Å²) < 4.78 is 0. The number of fused-ring (bicyclic) bond motifs is 1. The molecule has 2 amide bonds. The van der Waals surface area contributed by atoms with E-state index in [1.165, 1.54) is 5.39 Å². The maximum atomic E-state index is 12.8. The number of benzene rings is 2. The van der Waals surface area contributed by atoms with Crippen LogP contribution in [-0.2, 0) is 16.0 Å². The Hall–Kier alpha value is -2.40. The van der Waals surface area contributed by atoms with Gasteiger partial charge in [-0.15, -0.1) is 0 Å². The molecule has 158 valence electrons. The Morgan fingerprint density at radius 1 is 0.966 bits per heavy atom. The molecule has 5 nitrogen and oxygen atoms in total. The molecule has 0 aromatic heterocycles. The molecule has 5 heteroatoms. The van der Waals surface area contributed by atoms with Gasteiger partial charge < -0.3 is 16.0 Å². The molecule has 0 bridgehead atoms. The van der Waals surface area contributed by atoms with Crippen LogP contribution in [-0.4, -0.2) is 38.0 Å². The minimum absolute atomic E-state index is 0.111. The first kappa shape index (κ1) is 22.9. The summed E-state index contributed by atoms with van der Waals surface area (Å²) in [5.41, 5.74) is 1.04. The second-order valence-corrected chi connectivity index (χ2v) is 8.04. The average molecular weight is 398 g/mol. The van der Waals surface area contributed by atoms with Crippen molar-refractivity contribution in [1.29, 1.82) is 0 Å². The second kappa shape index (κ2) is 12.2. The van der Waals surface area contributed by atoms with E-state index in [1.54, 1.807) is 0 Å². The highest BCUT2D eigenvalue weighted by atomic mass is 16.2. The van der Waals surface area contributed by atoms with Gasteiger partial charge in [-0.05, 0) is 35.7 Å². The molecule has 1 atom stereocenters. The molecule has 2 rings (SSSR count). The molecule has 0 saturated carbocycles. The lowest BCUT2D eigenvalue weighted by atomic mass is 10.0. The Balaban J connectivity index is 2.00. The predicted octanol–water partition coefficient (Wildman–Crippen LogP) is 3.42. The van der Waals surface area contributed by atoms with E-state index in [-0.39, 0.29) is 11.8 Å². The first-order valence-corrected chi connectivity index (χ1v) is 10.7. The third-order valence-electron chi connectivity index (χ3n) is 5.01. The van der Waals surface area contributed by atoms with Crippen LogP contribution in [0.3, 0.4) is 0 Å². The molecular weight excluding hydrogens is 362 g/mol. The van der Waals surface area contributed by atoms with Crippen molar-refractivity contribution in [3.63, 3.8) is 0 Å². The largest absolute Gasteiger partial charge is 0.354 e. The van der Waals surface area contributed by atoms with Crippen molar-refractivity contribution in [1.82, 2.24) is 16.0 Å². The fourth-order valence-corrected chi connectivity index (χ4v) is 3.33. The van der Waals surface area contributed by atoms with E-state index in [1.807, 2.05) is 25.2 Å². The molecule has 2 aromatic carbocycles. The summed E-state index contributed by atoms with van der Waals surface area (Å²) in [6.45, 7) is 5.65. The van der Waals surface area contributed by atoms with Crippen molar-refractivity contribution < 1.29 is 9.59 Å². The number of amides is 2. The van der Waals surface area contributed by atoms with E-state index in [2.05, 4.69) is 54.1 Å². The van der Waals surface area contributed by atoms with E-state index in [9.17, 15) is 9.59 Å². The average Bonchev–Trinajstić information content (AvgIpc) is 2.71. The van der Waals surface area contributed by atoms with Gasteiger partial charge >= 0.3 is 0 Å². The normalized spacial score (nSPS) is 12.1. The van der Waals surface area contributed by atoms with Crippen LogP contribution < -0.4 is 16.0 Å². The maximum absolute atomic E-state index is 12.8. The summed E-state index contributed by atoms with van der Waals surface area (Å²) in [5, 5.41) is 11.2. The highest BCUT2D eigenvalue weighted by molar-refractivity contribution is 5.88. The van der Waals surface area contributed by atoms with Gasteiger partial charge in [0.2, 0.25) is 11.8 Å². The zero-order chi connectivity index (χ0) is 21.1. The van der Waals surface area contributed by atoms with Crippen molar-refractivity contribution >= 4 is 22.6 Å². The number of carbonyl (C=O) groups is 2. The van der Waals surface area contributed by atoms with Crippen LogP contribution in [0.25, 0.3) is 10.8 Å². The molecule has 0 radical (unpaired) electrons. The van der Waals surface area contributed by atoms with Gasteiger partial charge in [-0.25, -0.2) is 0 Å². The molecule has 0 saturated heterocycles. The number of rotatable bonds is 12. The van der Waals surface area contributed by atoms with E-state index in [4.69, 9.17) is 0 Å².